The van der Waals surface area contributed by atoms with Crippen molar-refractivity contribution in [3.8, 4) is 10.6 Å². The van der Waals surface area contributed by atoms with Crippen LogP contribution in [0.15, 0.2) is 35.8 Å². The summed E-state index contributed by atoms with van der Waals surface area (Å²) in [4.78, 5) is 4.23. The zero-order valence-corrected chi connectivity index (χ0v) is 8.14. The summed E-state index contributed by atoms with van der Waals surface area (Å²) in [5, 5.41) is 3.09. The van der Waals surface area contributed by atoms with Gasteiger partial charge in [0.1, 0.15) is 5.01 Å². The Hall–Kier alpha value is -1.19. The maximum absolute atomic E-state index is 4.23. The smallest absolute Gasteiger partial charge is 0.123 e. The molecular weight excluding hydrogens is 182 g/mol. The Balaban J connectivity index is 0.000000845. The normalized spacial score (nSPS) is 9.31. The molecule has 0 spiro atoms. The highest BCUT2D eigenvalue weighted by molar-refractivity contribution is 7.13. The number of aromatic nitrogens is 1. The summed E-state index contributed by atoms with van der Waals surface area (Å²) in [5.74, 6) is 0. The lowest BCUT2D eigenvalue weighted by Gasteiger charge is -1.95. The van der Waals surface area contributed by atoms with Crippen LogP contribution in [0.2, 0.25) is 0 Å². The first-order valence-electron chi connectivity index (χ1n) is 3.83. The fourth-order valence-corrected chi connectivity index (χ4v) is 1.71. The van der Waals surface area contributed by atoms with Gasteiger partial charge in [-0.25, -0.2) is 4.98 Å². The average Bonchev–Trinajstić information content (AvgIpc) is 2.58. The van der Waals surface area contributed by atoms with Crippen molar-refractivity contribution in [2.75, 3.05) is 0 Å². The van der Waals surface area contributed by atoms with E-state index >= 15 is 0 Å². The van der Waals surface area contributed by atoms with E-state index in [-0.39, 0.29) is 5.48 Å². The summed E-state index contributed by atoms with van der Waals surface area (Å²) in [6.07, 6.45) is 1.83. The molecule has 68 valence electrons. The van der Waals surface area contributed by atoms with Crippen molar-refractivity contribution in [1.29, 1.82) is 0 Å². The topological polar surface area (TPSA) is 44.4 Å². The van der Waals surface area contributed by atoms with Crippen LogP contribution < -0.4 is 0 Å². The van der Waals surface area contributed by atoms with Gasteiger partial charge in [0, 0.05) is 17.1 Å². The van der Waals surface area contributed by atoms with Crippen LogP contribution in [0.5, 0.6) is 0 Å². The van der Waals surface area contributed by atoms with Gasteiger partial charge in [-0.15, -0.1) is 11.3 Å². The van der Waals surface area contributed by atoms with Gasteiger partial charge in [0.25, 0.3) is 0 Å². The van der Waals surface area contributed by atoms with E-state index in [4.69, 9.17) is 0 Å². The minimum atomic E-state index is 0. The molecule has 0 amide bonds. The summed E-state index contributed by atoms with van der Waals surface area (Å²) in [6, 6.07) is 8.43. The van der Waals surface area contributed by atoms with E-state index in [1.165, 1.54) is 11.1 Å². The molecule has 0 aliphatic rings. The van der Waals surface area contributed by atoms with Crippen molar-refractivity contribution in [3.63, 3.8) is 0 Å². The van der Waals surface area contributed by atoms with Crippen molar-refractivity contribution in [3.05, 3.63) is 41.4 Å². The Morgan fingerprint density at radius 3 is 2.38 bits per heavy atom. The summed E-state index contributed by atoms with van der Waals surface area (Å²) in [6.45, 7) is 2.09. The minimum absolute atomic E-state index is 0. The van der Waals surface area contributed by atoms with Crippen LogP contribution in [0.4, 0.5) is 0 Å². The lowest BCUT2D eigenvalue weighted by atomic mass is 10.2. The third kappa shape index (κ3) is 2.14. The zero-order valence-electron chi connectivity index (χ0n) is 7.32. The SMILES string of the molecule is Cc1ccc(-c2nccs2)cc1.O. The van der Waals surface area contributed by atoms with Gasteiger partial charge in [-0.2, -0.15) is 0 Å². The molecule has 2 rings (SSSR count). The van der Waals surface area contributed by atoms with Gasteiger partial charge in [-0.1, -0.05) is 29.8 Å². The van der Waals surface area contributed by atoms with Crippen molar-refractivity contribution in [2.45, 2.75) is 6.92 Å². The molecule has 1 aromatic heterocycles. The largest absolute Gasteiger partial charge is 0.412 e. The van der Waals surface area contributed by atoms with Crippen LogP contribution in [-0.2, 0) is 0 Å². The molecule has 2 N–H and O–H groups in total. The summed E-state index contributed by atoms with van der Waals surface area (Å²) >= 11 is 1.67. The van der Waals surface area contributed by atoms with Gasteiger partial charge < -0.3 is 5.48 Å². The van der Waals surface area contributed by atoms with Crippen molar-refractivity contribution < 1.29 is 5.48 Å². The maximum atomic E-state index is 4.23. The Kier molecular flexibility index (Phi) is 3.17. The van der Waals surface area contributed by atoms with E-state index in [9.17, 15) is 0 Å². The number of thiazole rings is 1. The van der Waals surface area contributed by atoms with Gasteiger partial charge in [-0.05, 0) is 6.92 Å². The van der Waals surface area contributed by atoms with Crippen LogP contribution >= 0.6 is 11.3 Å². The first-order chi connectivity index (χ1) is 5.86. The number of aryl methyl sites for hydroxylation is 1. The lowest BCUT2D eigenvalue weighted by molar-refractivity contribution is 0.824. The highest BCUT2D eigenvalue weighted by Gasteiger charge is 1.97. The molecule has 0 bridgehead atoms. The monoisotopic (exact) mass is 193 g/mol. The molecule has 0 aliphatic heterocycles. The molecule has 1 heterocycles. The van der Waals surface area contributed by atoms with Gasteiger partial charge >= 0.3 is 0 Å². The summed E-state index contributed by atoms with van der Waals surface area (Å²) in [7, 11) is 0. The van der Waals surface area contributed by atoms with E-state index in [1.807, 2.05) is 11.6 Å². The van der Waals surface area contributed by atoms with E-state index in [1.54, 1.807) is 11.3 Å². The molecule has 0 aliphatic carbocycles. The number of hydrogen-bond donors (Lipinski definition) is 0. The highest BCUT2D eigenvalue weighted by Crippen LogP contribution is 2.21. The second-order valence-corrected chi connectivity index (χ2v) is 3.60. The van der Waals surface area contributed by atoms with Gasteiger partial charge in [0.15, 0.2) is 0 Å². The second kappa shape index (κ2) is 4.16. The lowest BCUT2D eigenvalue weighted by Crippen LogP contribution is -1.75. The first-order valence-corrected chi connectivity index (χ1v) is 4.71. The Morgan fingerprint density at radius 2 is 1.85 bits per heavy atom. The first kappa shape index (κ1) is 9.89. The third-order valence-electron chi connectivity index (χ3n) is 1.73. The van der Waals surface area contributed by atoms with E-state index in [0.717, 1.165) is 5.01 Å². The quantitative estimate of drug-likeness (QED) is 0.685. The van der Waals surface area contributed by atoms with Gasteiger partial charge in [0.05, 0.1) is 0 Å². The molecule has 2 aromatic rings. The number of hydrogen-bond acceptors (Lipinski definition) is 2. The molecule has 13 heavy (non-hydrogen) atoms. The second-order valence-electron chi connectivity index (χ2n) is 2.70. The Morgan fingerprint density at radius 1 is 1.15 bits per heavy atom. The standard InChI is InChI=1S/C10H9NS.H2O/c1-8-2-4-9(5-3-8)10-11-6-7-12-10;/h2-7H,1H3;1H2. The number of rotatable bonds is 1. The zero-order chi connectivity index (χ0) is 8.39. The van der Waals surface area contributed by atoms with Crippen LogP contribution in [0, 0.1) is 6.92 Å². The average molecular weight is 193 g/mol. The summed E-state index contributed by atoms with van der Waals surface area (Å²) < 4.78 is 0. The molecular formula is C10H11NOS. The molecule has 0 fully saturated rings. The predicted octanol–water partition coefficient (Wildman–Crippen LogP) is 2.29. The third-order valence-corrected chi connectivity index (χ3v) is 2.55. The molecule has 0 saturated heterocycles. The fourth-order valence-electron chi connectivity index (χ4n) is 1.06. The van der Waals surface area contributed by atoms with Crippen LogP contribution in [0.3, 0.4) is 0 Å². The van der Waals surface area contributed by atoms with Crippen LogP contribution in [0.1, 0.15) is 5.56 Å². The fraction of sp³-hybridized carbons (Fsp3) is 0.100. The predicted molar refractivity (Wildman–Crippen MR) is 55.9 cm³/mol. The summed E-state index contributed by atoms with van der Waals surface area (Å²) in [5.41, 5.74) is 2.49. The molecule has 1 aromatic carbocycles. The number of nitrogens with zero attached hydrogens (tertiary/aromatic N) is 1. The van der Waals surface area contributed by atoms with Crippen LogP contribution in [0.25, 0.3) is 10.6 Å². The van der Waals surface area contributed by atoms with E-state index in [2.05, 4.69) is 36.2 Å². The van der Waals surface area contributed by atoms with E-state index < -0.39 is 0 Å². The Labute approximate surface area is 81.2 Å². The van der Waals surface area contributed by atoms with Gasteiger partial charge in [-0.3, -0.25) is 0 Å². The highest BCUT2D eigenvalue weighted by atomic mass is 32.1. The Bertz CT molecular complexity index is 353. The molecule has 3 heteroatoms. The molecule has 0 atom stereocenters. The van der Waals surface area contributed by atoms with Crippen molar-refractivity contribution in [2.24, 2.45) is 0 Å². The number of benzene rings is 1. The molecule has 0 saturated carbocycles. The van der Waals surface area contributed by atoms with Gasteiger partial charge in [0.2, 0.25) is 0 Å². The molecule has 0 radical (unpaired) electrons. The van der Waals surface area contributed by atoms with Crippen LogP contribution in [-0.4, -0.2) is 10.5 Å². The molecule has 0 unspecified atom stereocenters. The molecule has 2 nitrogen and oxygen atoms in total. The van der Waals surface area contributed by atoms with Crippen molar-refractivity contribution >= 4 is 11.3 Å². The maximum Gasteiger partial charge on any atom is 0.123 e. The van der Waals surface area contributed by atoms with Crippen molar-refractivity contribution in [1.82, 2.24) is 4.98 Å². The van der Waals surface area contributed by atoms with E-state index in [0.29, 0.717) is 0 Å². The minimum Gasteiger partial charge on any atom is -0.412 e.